The molecule has 0 aromatic heterocycles. The molecule has 1 aliphatic carbocycles. The lowest BCUT2D eigenvalue weighted by Gasteiger charge is -2.40. The molecule has 3 rings (SSSR count). The highest BCUT2D eigenvalue weighted by Gasteiger charge is 2.44. The predicted octanol–water partition coefficient (Wildman–Crippen LogP) is 1.76. The fraction of sp³-hybridized carbons (Fsp3) is 0.500. The molecule has 1 spiro atoms. The van der Waals surface area contributed by atoms with Crippen molar-refractivity contribution in [2.24, 2.45) is 5.41 Å². The van der Waals surface area contributed by atoms with Crippen molar-refractivity contribution in [3.05, 3.63) is 18.2 Å². The van der Waals surface area contributed by atoms with Crippen molar-refractivity contribution in [3.8, 4) is 5.75 Å². The number of anilines is 1. The van der Waals surface area contributed by atoms with Crippen molar-refractivity contribution < 1.29 is 13.5 Å². The monoisotopic (exact) mass is 253 g/mol. The highest BCUT2D eigenvalue weighted by molar-refractivity contribution is 7.91. The maximum atomic E-state index is 12.3. The van der Waals surface area contributed by atoms with Gasteiger partial charge in [0.2, 0.25) is 0 Å². The quantitative estimate of drug-likeness (QED) is 0.691. The van der Waals surface area contributed by atoms with E-state index in [1.54, 1.807) is 12.1 Å². The zero-order valence-corrected chi connectivity index (χ0v) is 10.3. The molecule has 0 saturated heterocycles. The van der Waals surface area contributed by atoms with Gasteiger partial charge in [-0.2, -0.15) is 0 Å². The molecule has 4 nitrogen and oxygen atoms in total. The number of fused-ring (bicyclic) bond motifs is 1. The molecule has 1 aromatic carbocycles. The van der Waals surface area contributed by atoms with Crippen LogP contribution in [-0.2, 0) is 9.84 Å². The second-order valence-electron chi connectivity index (χ2n) is 5.12. The summed E-state index contributed by atoms with van der Waals surface area (Å²) in [5.74, 6) is 0.214. The number of hydrogen-bond acceptors (Lipinski definition) is 4. The van der Waals surface area contributed by atoms with Crippen molar-refractivity contribution >= 4 is 15.5 Å². The minimum absolute atomic E-state index is 0.0162. The number of para-hydroxylation sites is 1. The molecule has 1 aromatic rings. The Kier molecular flexibility index (Phi) is 2.17. The molecule has 0 atom stereocenters. The molecule has 5 heteroatoms. The van der Waals surface area contributed by atoms with Crippen LogP contribution in [0.5, 0.6) is 5.75 Å². The molecular weight excluding hydrogens is 238 g/mol. The average Bonchev–Trinajstić information content (AvgIpc) is 2.34. The first-order chi connectivity index (χ1) is 8.03. The molecule has 92 valence electrons. The Labute approximate surface area is 101 Å². The standard InChI is InChI=1S/C12H15NO3S/c14-9-3-1-4-10-11(9)13-7-12(5-2-6-12)8-17(10,15)16/h1,3-4,13-14H,2,5-8H2. The SMILES string of the molecule is O=S1(=O)CC2(CCC2)CNc2c(O)cccc21. The van der Waals surface area contributed by atoms with E-state index in [1.165, 1.54) is 6.07 Å². The van der Waals surface area contributed by atoms with Crippen molar-refractivity contribution in [2.45, 2.75) is 24.2 Å². The van der Waals surface area contributed by atoms with E-state index < -0.39 is 9.84 Å². The van der Waals surface area contributed by atoms with Gasteiger partial charge in [-0.05, 0) is 25.0 Å². The number of sulfone groups is 1. The molecule has 1 fully saturated rings. The molecular formula is C12H15NO3S. The van der Waals surface area contributed by atoms with E-state index in [-0.39, 0.29) is 21.8 Å². The molecule has 1 saturated carbocycles. The van der Waals surface area contributed by atoms with Crippen molar-refractivity contribution in [3.63, 3.8) is 0 Å². The van der Waals surface area contributed by atoms with Gasteiger partial charge in [-0.1, -0.05) is 12.5 Å². The number of phenols is 1. The van der Waals surface area contributed by atoms with Gasteiger partial charge in [-0.3, -0.25) is 0 Å². The first-order valence-corrected chi connectivity index (χ1v) is 7.46. The summed E-state index contributed by atoms with van der Waals surface area (Å²) in [6.45, 7) is 0.636. The second-order valence-corrected chi connectivity index (χ2v) is 7.07. The van der Waals surface area contributed by atoms with E-state index >= 15 is 0 Å². The summed E-state index contributed by atoms with van der Waals surface area (Å²) in [5, 5.41) is 12.9. The van der Waals surface area contributed by atoms with Gasteiger partial charge < -0.3 is 10.4 Å². The first kappa shape index (κ1) is 10.9. The van der Waals surface area contributed by atoms with E-state index in [2.05, 4.69) is 5.32 Å². The van der Waals surface area contributed by atoms with Gasteiger partial charge in [0.05, 0.1) is 16.3 Å². The number of nitrogens with one attached hydrogen (secondary N) is 1. The number of phenolic OH excluding ortho intramolecular Hbond substituents is 1. The van der Waals surface area contributed by atoms with Crippen LogP contribution in [0.3, 0.4) is 0 Å². The van der Waals surface area contributed by atoms with Gasteiger partial charge in [0, 0.05) is 12.0 Å². The molecule has 0 amide bonds. The maximum absolute atomic E-state index is 12.3. The van der Waals surface area contributed by atoms with Crippen molar-refractivity contribution in [2.75, 3.05) is 17.6 Å². The van der Waals surface area contributed by atoms with Crippen LogP contribution < -0.4 is 5.32 Å². The summed E-state index contributed by atoms with van der Waals surface area (Å²) in [5.41, 5.74) is 0.251. The van der Waals surface area contributed by atoms with Gasteiger partial charge >= 0.3 is 0 Å². The Balaban J connectivity index is 2.13. The molecule has 2 N–H and O–H groups in total. The molecule has 0 radical (unpaired) electrons. The van der Waals surface area contributed by atoms with Crippen LogP contribution in [0.1, 0.15) is 19.3 Å². The van der Waals surface area contributed by atoms with E-state index in [1.807, 2.05) is 0 Å². The average molecular weight is 253 g/mol. The lowest BCUT2D eigenvalue weighted by molar-refractivity contribution is 0.184. The Morgan fingerprint density at radius 3 is 2.71 bits per heavy atom. The number of benzene rings is 1. The summed E-state index contributed by atoms with van der Waals surface area (Å²) in [4.78, 5) is 0.237. The summed E-state index contributed by atoms with van der Waals surface area (Å²) in [6.07, 6.45) is 3.00. The third-order valence-corrected chi connectivity index (χ3v) is 5.89. The second kappa shape index (κ2) is 3.38. The van der Waals surface area contributed by atoms with Crippen LogP contribution in [-0.4, -0.2) is 25.8 Å². The van der Waals surface area contributed by atoms with E-state index in [9.17, 15) is 13.5 Å². The van der Waals surface area contributed by atoms with Crippen molar-refractivity contribution in [1.82, 2.24) is 0 Å². The number of rotatable bonds is 0. The zero-order valence-electron chi connectivity index (χ0n) is 9.44. The Morgan fingerprint density at radius 2 is 2.06 bits per heavy atom. The van der Waals surface area contributed by atoms with Crippen LogP contribution in [0.15, 0.2) is 23.1 Å². The van der Waals surface area contributed by atoms with Gasteiger partial charge in [0.15, 0.2) is 9.84 Å². The topological polar surface area (TPSA) is 66.4 Å². The fourth-order valence-corrected chi connectivity index (χ4v) is 4.89. The van der Waals surface area contributed by atoms with Gasteiger partial charge in [-0.15, -0.1) is 0 Å². The molecule has 2 aliphatic rings. The Bertz CT molecular complexity index is 561. The van der Waals surface area contributed by atoms with Crippen LogP contribution in [0.25, 0.3) is 0 Å². The molecule has 1 aliphatic heterocycles. The summed E-state index contributed by atoms with van der Waals surface area (Å²) in [6, 6.07) is 4.65. The van der Waals surface area contributed by atoms with Crippen LogP contribution in [0.2, 0.25) is 0 Å². The lowest BCUT2D eigenvalue weighted by Crippen LogP contribution is -2.40. The Hall–Kier alpha value is -1.23. The molecule has 0 bridgehead atoms. The van der Waals surface area contributed by atoms with Crippen LogP contribution >= 0.6 is 0 Å². The van der Waals surface area contributed by atoms with Crippen LogP contribution in [0, 0.1) is 5.41 Å². The van der Waals surface area contributed by atoms with E-state index in [0.717, 1.165) is 19.3 Å². The lowest BCUT2D eigenvalue weighted by atomic mass is 9.70. The van der Waals surface area contributed by atoms with E-state index in [0.29, 0.717) is 12.2 Å². The third kappa shape index (κ3) is 1.60. The normalized spacial score (nSPS) is 24.2. The first-order valence-electron chi connectivity index (χ1n) is 5.81. The largest absolute Gasteiger partial charge is 0.506 e. The van der Waals surface area contributed by atoms with Crippen LogP contribution in [0.4, 0.5) is 5.69 Å². The highest BCUT2D eigenvalue weighted by atomic mass is 32.2. The maximum Gasteiger partial charge on any atom is 0.181 e. The van der Waals surface area contributed by atoms with Crippen molar-refractivity contribution in [1.29, 1.82) is 0 Å². The Morgan fingerprint density at radius 1 is 1.29 bits per heavy atom. The number of hydrogen-bond donors (Lipinski definition) is 2. The smallest absolute Gasteiger partial charge is 0.181 e. The predicted molar refractivity (Wildman–Crippen MR) is 64.9 cm³/mol. The highest BCUT2D eigenvalue weighted by Crippen LogP contribution is 2.47. The summed E-state index contributed by atoms with van der Waals surface area (Å²) in [7, 11) is -3.29. The van der Waals surface area contributed by atoms with Gasteiger partial charge in [0.25, 0.3) is 0 Å². The summed E-state index contributed by atoms with van der Waals surface area (Å²) >= 11 is 0. The minimum Gasteiger partial charge on any atom is -0.506 e. The number of aromatic hydroxyl groups is 1. The van der Waals surface area contributed by atoms with E-state index in [4.69, 9.17) is 0 Å². The zero-order chi connectivity index (χ0) is 12.1. The van der Waals surface area contributed by atoms with Gasteiger partial charge in [0.1, 0.15) is 5.75 Å². The summed E-state index contributed by atoms with van der Waals surface area (Å²) < 4.78 is 24.6. The third-order valence-electron chi connectivity index (χ3n) is 3.89. The molecule has 17 heavy (non-hydrogen) atoms. The fourth-order valence-electron chi connectivity index (χ4n) is 2.76. The van der Waals surface area contributed by atoms with Gasteiger partial charge in [-0.25, -0.2) is 8.42 Å². The molecule has 0 unspecified atom stereocenters. The molecule has 1 heterocycles. The minimum atomic E-state index is -3.29.